The Morgan fingerprint density at radius 1 is 1.41 bits per heavy atom. The van der Waals surface area contributed by atoms with Crippen molar-refractivity contribution in [3.63, 3.8) is 0 Å². The third-order valence-corrected chi connectivity index (χ3v) is 3.73. The van der Waals surface area contributed by atoms with Crippen molar-refractivity contribution in [1.29, 1.82) is 0 Å². The van der Waals surface area contributed by atoms with Gasteiger partial charge in [0, 0.05) is 33.1 Å². The van der Waals surface area contributed by atoms with Crippen LogP contribution in [0.25, 0.3) is 0 Å². The Hall–Kier alpha value is -2.08. The zero-order valence-corrected chi connectivity index (χ0v) is 13.3. The van der Waals surface area contributed by atoms with Crippen LogP contribution in [0.3, 0.4) is 0 Å². The summed E-state index contributed by atoms with van der Waals surface area (Å²) in [6.45, 7) is 5.90. The number of carbonyl (C=O) groups excluding carboxylic acids is 2. The minimum Gasteiger partial charge on any atom is -0.455 e. The van der Waals surface area contributed by atoms with Crippen LogP contribution in [0.1, 0.15) is 36.6 Å². The minimum absolute atomic E-state index is 0.0215. The van der Waals surface area contributed by atoms with E-state index in [0.29, 0.717) is 12.3 Å². The summed E-state index contributed by atoms with van der Waals surface area (Å²) in [4.78, 5) is 24.9. The van der Waals surface area contributed by atoms with Gasteiger partial charge in [-0.15, -0.1) is 0 Å². The molecule has 0 bridgehead atoms. The Bertz CT molecular complexity index is 577. The Morgan fingerprint density at radius 3 is 2.86 bits per heavy atom. The summed E-state index contributed by atoms with van der Waals surface area (Å²) in [5.74, 6) is 0.862. The molecule has 0 saturated heterocycles. The maximum absolute atomic E-state index is 11.5. The van der Waals surface area contributed by atoms with Gasteiger partial charge in [0.05, 0.1) is 6.54 Å². The number of amides is 2. The number of carbonyl (C=O) groups is 2. The molecule has 0 radical (unpaired) electrons. The van der Waals surface area contributed by atoms with E-state index >= 15 is 0 Å². The van der Waals surface area contributed by atoms with Gasteiger partial charge in [0.25, 0.3) is 5.91 Å². The third kappa shape index (κ3) is 4.21. The van der Waals surface area contributed by atoms with Crippen LogP contribution >= 0.6 is 0 Å². The second-order valence-corrected chi connectivity index (χ2v) is 5.55. The number of hydrogen-bond acceptors (Lipinski definition) is 4. The van der Waals surface area contributed by atoms with Crippen molar-refractivity contribution in [3.05, 3.63) is 35.3 Å². The lowest BCUT2D eigenvalue weighted by Crippen LogP contribution is -2.39. The van der Waals surface area contributed by atoms with E-state index in [9.17, 15) is 9.59 Å². The molecular formula is C16H23N3O3. The van der Waals surface area contributed by atoms with Crippen molar-refractivity contribution in [2.24, 2.45) is 0 Å². The molecule has 120 valence electrons. The lowest BCUT2D eigenvalue weighted by atomic mass is 10.0. The molecule has 2 N–H and O–H groups in total. The van der Waals surface area contributed by atoms with Crippen LogP contribution in [-0.4, -0.2) is 42.9 Å². The van der Waals surface area contributed by atoms with Gasteiger partial charge in [-0.25, -0.2) is 0 Å². The van der Waals surface area contributed by atoms with Gasteiger partial charge in [0.1, 0.15) is 5.76 Å². The van der Waals surface area contributed by atoms with Gasteiger partial charge in [0.2, 0.25) is 5.91 Å². The van der Waals surface area contributed by atoms with E-state index in [1.165, 1.54) is 12.5 Å². The molecule has 6 nitrogen and oxygen atoms in total. The fourth-order valence-corrected chi connectivity index (χ4v) is 2.61. The largest absolute Gasteiger partial charge is 0.455 e. The molecule has 1 aromatic heterocycles. The summed E-state index contributed by atoms with van der Waals surface area (Å²) in [6, 6.07) is 3.56. The van der Waals surface area contributed by atoms with E-state index in [1.807, 2.05) is 13.0 Å². The van der Waals surface area contributed by atoms with Crippen LogP contribution in [0.2, 0.25) is 0 Å². The molecule has 22 heavy (non-hydrogen) atoms. The zero-order chi connectivity index (χ0) is 16.1. The quantitative estimate of drug-likeness (QED) is 0.804. The molecule has 1 unspecified atom stereocenters. The summed E-state index contributed by atoms with van der Waals surface area (Å²) >= 11 is 0. The topological polar surface area (TPSA) is 74.6 Å². The molecular weight excluding hydrogens is 282 g/mol. The van der Waals surface area contributed by atoms with Gasteiger partial charge in [-0.05, 0) is 31.1 Å². The van der Waals surface area contributed by atoms with Gasteiger partial charge in [-0.2, -0.15) is 0 Å². The van der Waals surface area contributed by atoms with Crippen LogP contribution in [0, 0.1) is 0 Å². The standard InChI is InChI=1S/C16H23N3O3/c1-11(18-12(2)20)13-5-4-8-19(9-13)10-14-6-7-15(22-14)16(21)17-3/h5-7,11H,4,8-10H2,1-3H3,(H,17,21)(H,18,20). The minimum atomic E-state index is -0.218. The second kappa shape index (κ2) is 7.26. The van der Waals surface area contributed by atoms with Crippen LogP contribution in [-0.2, 0) is 11.3 Å². The monoisotopic (exact) mass is 305 g/mol. The van der Waals surface area contributed by atoms with Gasteiger partial charge < -0.3 is 15.1 Å². The highest BCUT2D eigenvalue weighted by Gasteiger charge is 2.19. The first-order valence-corrected chi connectivity index (χ1v) is 7.48. The molecule has 1 aliphatic heterocycles. The summed E-state index contributed by atoms with van der Waals surface area (Å²) in [5.41, 5.74) is 1.21. The van der Waals surface area contributed by atoms with Crippen molar-refractivity contribution in [2.75, 3.05) is 20.1 Å². The summed E-state index contributed by atoms with van der Waals surface area (Å²) in [7, 11) is 1.58. The summed E-state index contributed by atoms with van der Waals surface area (Å²) in [6.07, 6.45) is 3.14. The third-order valence-electron chi connectivity index (χ3n) is 3.73. The summed E-state index contributed by atoms with van der Waals surface area (Å²) < 4.78 is 5.56. The number of nitrogens with one attached hydrogen (secondary N) is 2. The van der Waals surface area contributed by atoms with Gasteiger partial charge in [0.15, 0.2) is 5.76 Å². The van der Waals surface area contributed by atoms with Crippen molar-refractivity contribution in [1.82, 2.24) is 15.5 Å². The van der Waals surface area contributed by atoms with Gasteiger partial charge in [-0.3, -0.25) is 14.5 Å². The Morgan fingerprint density at radius 2 is 2.18 bits per heavy atom. The Labute approximate surface area is 130 Å². The van der Waals surface area contributed by atoms with Crippen molar-refractivity contribution in [2.45, 2.75) is 32.9 Å². The highest BCUT2D eigenvalue weighted by Crippen LogP contribution is 2.17. The first-order chi connectivity index (χ1) is 10.5. The van der Waals surface area contributed by atoms with E-state index < -0.39 is 0 Å². The van der Waals surface area contributed by atoms with E-state index in [4.69, 9.17) is 4.42 Å². The molecule has 6 heteroatoms. The number of hydrogen-bond donors (Lipinski definition) is 2. The molecule has 1 atom stereocenters. The van der Waals surface area contributed by atoms with Gasteiger partial charge >= 0.3 is 0 Å². The normalized spacial score (nSPS) is 16.8. The fraction of sp³-hybridized carbons (Fsp3) is 0.500. The van der Waals surface area contributed by atoms with Crippen LogP contribution in [0.15, 0.2) is 28.2 Å². The van der Waals surface area contributed by atoms with Crippen molar-refractivity contribution < 1.29 is 14.0 Å². The molecule has 0 spiro atoms. The number of rotatable bonds is 5. The second-order valence-electron chi connectivity index (χ2n) is 5.55. The molecule has 1 aromatic rings. The first kappa shape index (κ1) is 16.3. The molecule has 0 fully saturated rings. The fourth-order valence-electron chi connectivity index (χ4n) is 2.61. The zero-order valence-electron chi connectivity index (χ0n) is 13.3. The van der Waals surface area contributed by atoms with E-state index in [1.54, 1.807) is 13.1 Å². The predicted molar refractivity (Wildman–Crippen MR) is 83.4 cm³/mol. The molecule has 0 saturated carbocycles. The smallest absolute Gasteiger partial charge is 0.286 e. The number of nitrogens with zero attached hydrogens (tertiary/aromatic N) is 1. The summed E-state index contributed by atoms with van der Waals surface area (Å²) in [5, 5.41) is 5.46. The average molecular weight is 305 g/mol. The Balaban J connectivity index is 1.94. The molecule has 2 amide bonds. The SMILES string of the molecule is CNC(=O)c1ccc(CN2CCC=C(C(C)NC(C)=O)C2)o1. The number of furan rings is 1. The lowest BCUT2D eigenvalue weighted by Gasteiger charge is -2.29. The first-order valence-electron chi connectivity index (χ1n) is 7.48. The Kier molecular flexibility index (Phi) is 5.38. The van der Waals surface area contributed by atoms with Crippen LogP contribution in [0.5, 0.6) is 0 Å². The average Bonchev–Trinajstić information content (AvgIpc) is 2.94. The van der Waals surface area contributed by atoms with Crippen LogP contribution in [0.4, 0.5) is 0 Å². The maximum atomic E-state index is 11.5. The predicted octanol–water partition coefficient (Wildman–Crippen LogP) is 1.30. The lowest BCUT2D eigenvalue weighted by molar-refractivity contribution is -0.119. The van der Waals surface area contributed by atoms with Gasteiger partial charge in [-0.1, -0.05) is 6.08 Å². The van der Waals surface area contributed by atoms with Crippen LogP contribution < -0.4 is 10.6 Å². The van der Waals surface area contributed by atoms with Crippen molar-refractivity contribution in [3.8, 4) is 0 Å². The highest BCUT2D eigenvalue weighted by molar-refractivity contribution is 5.91. The molecule has 0 aromatic carbocycles. The maximum Gasteiger partial charge on any atom is 0.286 e. The van der Waals surface area contributed by atoms with Crippen molar-refractivity contribution >= 4 is 11.8 Å². The highest BCUT2D eigenvalue weighted by atomic mass is 16.4. The molecule has 2 rings (SSSR count). The van der Waals surface area contributed by atoms with E-state index in [0.717, 1.165) is 25.3 Å². The molecule has 2 heterocycles. The van der Waals surface area contributed by atoms with E-state index in [2.05, 4.69) is 21.6 Å². The van der Waals surface area contributed by atoms with E-state index in [-0.39, 0.29) is 17.9 Å². The molecule has 0 aliphatic carbocycles. The molecule has 1 aliphatic rings.